The van der Waals surface area contributed by atoms with Crippen LogP contribution >= 0.6 is 11.6 Å². The molecule has 0 aliphatic rings. The Bertz CT molecular complexity index is 527. The van der Waals surface area contributed by atoms with Gasteiger partial charge < -0.3 is 5.11 Å². The predicted octanol–water partition coefficient (Wildman–Crippen LogP) is 2.28. The molecule has 0 aliphatic carbocycles. The molecule has 0 radical (unpaired) electrons. The van der Waals surface area contributed by atoms with Gasteiger partial charge in [-0.25, -0.2) is 9.97 Å². The lowest BCUT2D eigenvalue weighted by atomic mass is 10.2. The summed E-state index contributed by atoms with van der Waals surface area (Å²) in [4.78, 5) is 7.81. The minimum atomic E-state index is 0.215. The van der Waals surface area contributed by atoms with Crippen molar-refractivity contribution in [2.45, 2.75) is 0 Å². The van der Waals surface area contributed by atoms with Gasteiger partial charge in [-0.05, 0) is 29.8 Å². The summed E-state index contributed by atoms with van der Waals surface area (Å²) < 4.78 is 0. The van der Waals surface area contributed by atoms with Gasteiger partial charge in [-0.3, -0.25) is 5.43 Å². The molecule has 1 heterocycles. The maximum absolute atomic E-state index is 9.10. The Kier molecular flexibility index (Phi) is 3.52. The van der Waals surface area contributed by atoms with Gasteiger partial charge in [0.15, 0.2) is 11.0 Å². The maximum atomic E-state index is 9.10. The highest BCUT2D eigenvalue weighted by Crippen LogP contribution is 2.13. The van der Waals surface area contributed by atoms with E-state index in [1.807, 2.05) is 0 Å². The SMILES string of the molecule is Oc1ccc(/C=N\Nc2nccnc2Cl)cc1. The molecule has 2 N–H and O–H groups in total. The Hall–Kier alpha value is -2.14. The Morgan fingerprint density at radius 2 is 1.88 bits per heavy atom. The first-order valence-corrected chi connectivity index (χ1v) is 5.18. The molecular formula is C11H9ClN4O. The molecule has 0 aliphatic heterocycles. The van der Waals surface area contributed by atoms with E-state index >= 15 is 0 Å². The third-order valence-corrected chi connectivity index (χ3v) is 2.21. The van der Waals surface area contributed by atoms with Crippen LogP contribution in [0, 0.1) is 0 Å². The third-order valence-electron chi connectivity index (χ3n) is 1.93. The molecule has 0 fully saturated rings. The van der Waals surface area contributed by atoms with Gasteiger partial charge in [-0.1, -0.05) is 11.6 Å². The normalized spacial score (nSPS) is 10.6. The fourth-order valence-corrected chi connectivity index (χ4v) is 1.27. The molecule has 1 aromatic carbocycles. The van der Waals surface area contributed by atoms with E-state index in [9.17, 15) is 0 Å². The zero-order valence-electron chi connectivity index (χ0n) is 8.71. The van der Waals surface area contributed by atoms with E-state index in [1.165, 1.54) is 12.4 Å². The standard InChI is InChI=1S/C11H9ClN4O/c12-10-11(14-6-5-13-10)16-15-7-8-1-3-9(17)4-2-8/h1-7,17H,(H,14,16)/b15-7-. The number of anilines is 1. The van der Waals surface area contributed by atoms with E-state index in [0.717, 1.165) is 5.56 Å². The van der Waals surface area contributed by atoms with Crippen LogP contribution < -0.4 is 5.43 Å². The number of phenols is 1. The van der Waals surface area contributed by atoms with E-state index < -0.39 is 0 Å². The summed E-state index contributed by atoms with van der Waals surface area (Å²) in [6, 6.07) is 6.63. The minimum Gasteiger partial charge on any atom is -0.508 e. The van der Waals surface area contributed by atoms with Crippen molar-refractivity contribution in [1.82, 2.24) is 9.97 Å². The van der Waals surface area contributed by atoms with E-state index in [1.54, 1.807) is 30.5 Å². The molecule has 0 saturated carbocycles. The van der Waals surface area contributed by atoms with Crippen LogP contribution in [0.25, 0.3) is 0 Å². The van der Waals surface area contributed by atoms with Crippen molar-refractivity contribution in [3.63, 3.8) is 0 Å². The second-order valence-corrected chi connectivity index (χ2v) is 3.52. The van der Waals surface area contributed by atoms with Gasteiger partial charge in [0.25, 0.3) is 0 Å². The molecule has 1 aromatic heterocycles. The highest BCUT2D eigenvalue weighted by molar-refractivity contribution is 6.31. The van der Waals surface area contributed by atoms with Crippen molar-refractivity contribution in [2.24, 2.45) is 5.10 Å². The number of aromatic nitrogens is 2. The van der Waals surface area contributed by atoms with Crippen LogP contribution in [0.4, 0.5) is 5.82 Å². The van der Waals surface area contributed by atoms with Crippen molar-refractivity contribution < 1.29 is 5.11 Å². The van der Waals surface area contributed by atoms with Gasteiger partial charge in [0, 0.05) is 12.4 Å². The lowest BCUT2D eigenvalue weighted by molar-refractivity contribution is 0.475. The smallest absolute Gasteiger partial charge is 0.184 e. The average Bonchev–Trinajstić information content (AvgIpc) is 2.34. The molecule has 0 saturated heterocycles. The van der Waals surface area contributed by atoms with E-state index in [0.29, 0.717) is 5.82 Å². The Balaban J connectivity index is 2.03. The monoisotopic (exact) mass is 248 g/mol. The number of hydrogen-bond donors (Lipinski definition) is 2. The van der Waals surface area contributed by atoms with E-state index in [4.69, 9.17) is 16.7 Å². The number of hydrogen-bond acceptors (Lipinski definition) is 5. The number of halogens is 1. The van der Waals surface area contributed by atoms with Gasteiger partial charge in [0.1, 0.15) is 5.75 Å². The summed E-state index contributed by atoms with van der Waals surface area (Å²) in [6.45, 7) is 0. The molecule has 86 valence electrons. The Labute approximate surface area is 103 Å². The van der Waals surface area contributed by atoms with Crippen LogP contribution in [0.1, 0.15) is 5.56 Å². The summed E-state index contributed by atoms with van der Waals surface area (Å²) in [6.07, 6.45) is 4.60. The number of hydrazone groups is 1. The van der Waals surface area contributed by atoms with Crippen molar-refractivity contribution in [2.75, 3.05) is 5.43 Å². The first kappa shape index (κ1) is 11.3. The number of phenolic OH excluding ortho intramolecular Hbond substituents is 1. The third kappa shape index (κ3) is 3.15. The summed E-state index contributed by atoms with van der Waals surface area (Å²) in [5.41, 5.74) is 3.52. The maximum Gasteiger partial charge on any atom is 0.184 e. The molecule has 17 heavy (non-hydrogen) atoms. The highest BCUT2D eigenvalue weighted by Gasteiger charge is 1.98. The molecule has 6 heteroatoms. The molecule has 5 nitrogen and oxygen atoms in total. The summed E-state index contributed by atoms with van der Waals surface area (Å²) >= 11 is 5.78. The molecule has 0 unspecified atom stereocenters. The van der Waals surface area contributed by atoms with Gasteiger partial charge in [-0.2, -0.15) is 5.10 Å². The lowest BCUT2D eigenvalue weighted by Crippen LogP contribution is -1.95. The Morgan fingerprint density at radius 1 is 1.18 bits per heavy atom. The lowest BCUT2D eigenvalue weighted by Gasteiger charge is -1.99. The van der Waals surface area contributed by atoms with Crippen molar-refractivity contribution in [3.05, 3.63) is 47.4 Å². The van der Waals surface area contributed by atoms with Gasteiger partial charge >= 0.3 is 0 Å². The first-order valence-electron chi connectivity index (χ1n) is 4.80. The summed E-state index contributed by atoms with van der Waals surface area (Å²) in [7, 11) is 0. The number of rotatable bonds is 3. The number of nitrogens with zero attached hydrogens (tertiary/aromatic N) is 3. The first-order chi connectivity index (χ1) is 8.25. The van der Waals surface area contributed by atoms with E-state index in [2.05, 4.69) is 20.5 Å². The highest BCUT2D eigenvalue weighted by atomic mass is 35.5. The number of benzene rings is 1. The second kappa shape index (κ2) is 5.27. The summed E-state index contributed by atoms with van der Waals surface area (Å²) in [5.74, 6) is 0.608. The van der Waals surface area contributed by atoms with Crippen LogP contribution in [0.3, 0.4) is 0 Å². The minimum absolute atomic E-state index is 0.215. The number of aromatic hydroxyl groups is 1. The largest absolute Gasteiger partial charge is 0.508 e. The summed E-state index contributed by atoms with van der Waals surface area (Å²) in [5, 5.41) is 13.3. The quantitative estimate of drug-likeness (QED) is 0.646. The molecule has 0 atom stereocenters. The predicted molar refractivity (Wildman–Crippen MR) is 66.4 cm³/mol. The van der Waals surface area contributed by atoms with Crippen molar-refractivity contribution >= 4 is 23.6 Å². The van der Waals surface area contributed by atoms with Crippen LogP contribution in [0.15, 0.2) is 41.8 Å². The van der Waals surface area contributed by atoms with Crippen molar-refractivity contribution in [1.29, 1.82) is 0 Å². The van der Waals surface area contributed by atoms with Gasteiger partial charge in [-0.15, -0.1) is 0 Å². The topological polar surface area (TPSA) is 70.4 Å². The fourth-order valence-electron chi connectivity index (χ4n) is 1.12. The fraction of sp³-hybridized carbons (Fsp3) is 0. The molecule has 2 aromatic rings. The van der Waals surface area contributed by atoms with Gasteiger partial charge in [0.2, 0.25) is 0 Å². The van der Waals surface area contributed by atoms with Crippen LogP contribution in [-0.2, 0) is 0 Å². The molecule has 0 spiro atoms. The van der Waals surface area contributed by atoms with E-state index in [-0.39, 0.29) is 10.9 Å². The molecule has 0 bridgehead atoms. The van der Waals surface area contributed by atoms with Gasteiger partial charge in [0.05, 0.1) is 6.21 Å². The second-order valence-electron chi connectivity index (χ2n) is 3.16. The zero-order valence-corrected chi connectivity index (χ0v) is 9.46. The van der Waals surface area contributed by atoms with Crippen molar-refractivity contribution in [3.8, 4) is 5.75 Å². The zero-order chi connectivity index (χ0) is 12.1. The van der Waals surface area contributed by atoms with Crippen LogP contribution in [0.5, 0.6) is 5.75 Å². The van der Waals surface area contributed by atoms with Crippen LogP contribution in [-0.4, -0.2) is 21.3 Å². The number of nitrogens with one attached hydrogen (secondary N) is 1. The Morgan fingerprint density at radius 3 is 2.59 bits per heavy atom. The molecular weight excluding hydrogens is 240 g/mol. The molecule has 2 rings (SSSR count). The van der Waals surface area contributed by atoms with Crippen LogP contribution in [0.2, 0.25) is 5.15 Å². The average molecular weight is 249 g/mol. The molecule has 0 amide bonds.